The van der Waals surface area contributed by atoms with E-state index in [0.29, 0.717) is 22.8 Å². The Hall–Kier alpha value is -1.65. The Morgan fingerprint density at radius 1 is 1.42 bits per heavy atom. The fourth-order valence-electron chi connectivity index (χ4n) is 2.02. The van der Waals surface area contributed by atoms with Crippen LogP contribution in [0.4, 0.5) is 5.82 Å². The highest BCUT2D eigenvalue weighted by Crippen LogP contribution is 2.50. The molecule has 104 valence electrons. The molecule has 1 amide bonds. The molecule has 1 fully saturated rings. The van der Waals surface area contributed by atoms with Crippen LogP contribution in [0.2, 0.25) is 0 Å². The van der Waals surface area contributed by atoms with Gasteiger partial charge in [0, 0.05) is 13.1 Å². The Bertz CT molecular complexity index is 441. The molecule has 0 bridgehead atoms. The molecule has 0 spiro atoms. The van der Waals surface area contributed by atoms with E-state index >= 15 is 0 Å². The van der Waals surface area contributed by atoms with Crippen molar-refractivity contribution in [3.8, 4) is 0 Å². The second-order valence-corrected chi connectivity index (χ2v) is 5.81. The van der Waals surface area contributed by atoms with Gasteiger partial charge in [0.05, 0.1) is 12.4 Å². The molecule has 5 nitrogen and oxygen atoms in total. The van der Waals surface area contributed by atoms with Crippen molar-refractivity contribution in [1.29, 1.82) is 0 Å². The second-order valence-electron chi connectivity index (χ2n) is 5.81. The van der Waals surface area contributed by atoms with Crippen LogP contribution in [0.3, 0.4) is 0 Å². The molecule has 5 heteroatoms. The van der Waals surface area contributed by atoms with Crippen molar-refractivity contribution < 1.29 is 4.79 Å². The third kappa shape index (κ3) is 3.66. The molecule has 1 heterocycles. The summed E-state index contributed by atoms with van der Waals surface area (Å²) >= 11 is 0. The number of nitrogens with one attached hydrogen (secondary N) is 2. The Balaban J connectivity index is 1.82. The van der Waals surface area contributed by atoms with Gasteiger partial charge in [0.1, 0.15) is 11.5 Å². The van der Waals surface area contributed by atoms with Crippen LogP contribution in [0.25, 0.3) is 0 Å². The fourth-order valence-corrected chi connectivity index (χ4v) is 2.02. The van der Waals surface area contributed by atoms with Gasteiger partial charge in [-0.2, -0.15) is 0 Å². The third-order valence-corrected chi connectivity index (χ3v) is 3.67. The number of nitrogens with zero attached hydrogens (tertiary/aromatic N) is 2. The van der Waals surface area contributed by atoms with E-state index in [4.69, 9.17) is 0 Å². The second kappa shape index (κ2) is 5.55. The number of carbonyl (C=O) groups excluding carboxylic acids is 1. The van der Waals surface area contributed by atoms with Crippen molar-refractivity contribution in [1.82, 2.24) is 15.3 Å². The summed E-state index contributed by atoms with van der Waals surface area (Å²) in [6, 6.07) is 0. The van der Waals surface area contributed by atoms with Crippen molar-refractivity contribution in [2.24, 2.45) is 11.3 Å². The Labute approximate surface area is 114 Å². The molecule has 1 atom stereocenters. The minimum atomic E-state index is -0.141. The molecule has 1 aliphatic rings. The van der Waals surface area contributed by atoms with Crippen LogP contribution in [0.1, 0.15) is 44.1 Å². The molecule has 1 aromatic rings. The van der Waals surface area contributed by atoms with E-state index in [-0.39, 0.29) is 5.91 Å². The van der Waals surface area contributed by atoms with Gasteiger partial charge in [-0.1, -0.05) is 20.8 Å². The standard InChI is InChI=1S/C14H22N4O/c1-4-5-15-12-9-16-11(8-17-12)13(19)18-7-10-6-14(10,2)3/h8-10H,4-7H2,1-3H3,(H,15,17)(H,18,19). The zero-order chi connectivity index (χ0) is 13.9. The topological polar surface area (TPSA) is 66.9 Å². The first-order valence-electron chi connectivity index (χ1n) is 6.87. The van der Waals surface area contributed by atoms with Crippen molar-refractivity contribution in [2.45, 2.75) is 33.6 Å². The van der Waals surface area contributed by atoms with Crippen LogP contribution >= 0.6 is 0 Å². The van der Waals surface area contributed by atoms with Gasteiger partial charge in [-0.15, -0.1) is 0 Å². The number of hydrogen-bond acceptors (Lipinski definition) is 4. The lowest BCUT2D eigenvalue weighted by molar-refractivity contribution is 0.0945. The highest BCUT2D eigenvalue weighted by molar-refractivity contribution is 5.92. The molecule has 1 unspecified atom stereocenters. The largest absolute Gasteiger partial charge is 0.369 e. The Morgan fingerprint density at radius 2 is 2.16 bits per heavy atom. The molecular formula is C14H22N4O. The van der Waals surface area contributed by atoms with Crippen LogP contribution in [0, 0.1) is 11.3 Å². The maximum Gasteiger partial charge on any atom is 0.271 e. The van der Waals surface area contributed by atoms with Crippen molar-refractivity contribution in [2.75, 3.05) is 18.4 Å². The summed E-state index contributed by atoms with van der Waals surface area (Å²) in [5, 5.41) is 6.04. The van der Waals surface area contributed by atoms with Gasteiger partial charge in [0.15, 0.2) is 0 Å². The number of anilines is 1. The summed E-state index contributed by atoms with van der Waals surface area (Å²) in [4.78, 5) is 20.2. The number of amides is 1. The van der Waals surface area contributed by atoms with E-state index in [0.717, 1.165) is 19.5 Å². The SMILES string of the molecule is CCCNc1cnc(C(=O)NCC2CC2(C)C)cn1. The Kier molecular flexibility index (Phi) is 4.02. The molecule has 2 N–H and O–H groups in total. The summed E-state index contributed by atoms with van der Waals surface area (Å²) in [7, 11) is 0. The fraction of sp³-hybridized carbons (Fsp3) is 0.643. The monoisotopic (exact) mass is 262 g/mol. The zero-order valence-electron chi connectivity index (χ0n) is 11.9. The normalized spacial score (nSPS) is 19.8. The number of rotatable bonds is 6. The van der Waals surface area contributed by atoms with Crippen LogP contribution in [-0.2, 0) is 0 Å². The van der Waals surface area contributed by atoms with Gasteiger partial charge in [-0.25, -0.2) is 9.97 Å². The van der Waals surface area contributed by atoms with Gasteiger partial charge < -0.3 is 10.6 Å². The first kappa shape index (κ1) is 13.8. The smallest absolute Gasteiger partial charge is 0.271 e. The average Bonchev–Trinajstić information content (AvgIpc) is 3.02. The predicted molar refractivity (Wildman–Crippen MR) is 75.0 cm³/mol. The van der Waals surface area contributed by atoms with Gasteiger partial charge in [0.25, 0.3) is 5.91 Å². The summed E-state index contributed by atoms with van der Waals surface area (Å²) < 4.78 is 0. The first-order valence-corrected chi connectivity index (χ1v) is 6.87. The molecule has 2 rings (SSSR count). The summed E-state index contributed by atoms with van der Waals surface area (Å²) in [6.45, 7) is 8.11. The van der Waals surface area contributed by atoms with Crippen molar-refractivity contribution >= 4 is 11.7 Å². The van der Waals surface area contributed by atoms with Crippen molar-refractivity contribution in [3.05, 3.63) is 18.1 Å². The van der Waals surface area contributed by atoms with E-state index in [1.807, 2.05) is 0 Å². The third-order valence-electron chi connectivity index (χ3n) is 3.67. The molecule has 0 saturated heterocycles. The first-order chi connectivity index (χ1) is 9.03. The van der Waals surface area contributed by atoms with Crippen LogP contribution in [-0.4, -0.2) is 29.0 Å². The number of aromatic nitrogens is 2. The molecule has 1 saturated carbocycles. The van der Waals surface area contributed by atoms with Gasteiger partial charge in [-0.3, -0.25) is 4.79 Å². The lowest BCUT2D eigenvalue weighted by Gasteiger charge is -2.07. The molecule has 0 aliphatic heterocycles. The van der Waals surface area contributed by atoms with E-state index in [1.165, 1.54) is 12.6 Å². The summed E-state index contributed by atoms with van der Waals surface area (Å²) in [5.74, 6) is 1.16. The minimum Gasteiger partial charge on any atom is -0.369 e. The molecule has 0 aromatic carbocycles. The lowest BCUT2D eigenvalue weighted by atomic mass is 10.1. The minimum absolute atomic E-state index is 0.141. The van der Waals surface area contributed by atoms with Crippen LogP contribution in [0.15, 0.2) is 12.4 Å². The summed E-state index contributed by atoms with van der Waals surface area (Å²) in [6.07, 6.45) is 5.33. The molecule has 0 radical (unpaired) electrons. The number of carbonyl (C=O) groups is 1. The molecular weight excluding hydrogens is 240 g/mol. The van der Waals surface area contributed by atoms with Gasteiger partial charge >= 0.3 is 0 Å². The average molecular weight is 262 g/mol. The maximum absolute atomic E-state index is 11.9. The molecule has 1 aromatic heterocycles. The van der Waals surface area contributed by atoms with Gasteiger partial charge in [0.2, 0.25) is 0 Å². The van der Waals surface area contributed by atoms with E-state index in [2.05, 4.69) is 41.4 Å². The highest BCUT2D eigenvalue weighted by Gasteiger charge is 2.45. The maximum atomic E-state index is 11.9. The molecule has 1 aliphatic carbocycles. The predicted octanol–water partition coefficient (Wildman–Crippen LogP) is 2.07. The van der Waals surface area contributed by atoms with E-state index in [9.17, 15) is 4.79 Å². The van der Waals surface area contributed by atoms with E-state index in [1.54, 1.807) is 6.20 Å². The van der Waals surface area contributed by atoms with Crippen LogP contribution < -0.4 is 10.6 Å². The number of hydrogen-bond donors (Lipinski definition) is 2. The zero-order valence-corrected chi connectivity index (χ0v) is 11.9. The van der Waals surface area contributed by atoms with Gasteiger partial charge in [-0.05, 0) is 24.2 Å². The van der Waals surface area contributed by atoms with Crippen LogP contribution in [0.5, 0.6) is 0 Å². The van der Waals surface area contributed by atoms with Crippen molar-refractivity contribution in [3.63, 3.8) is 0 Å². The molecule has 19 heavy (non-hydrogen) atoms. The lowest BCUT2D eigenvalue weighted by Crippen LogP contribution is -2.27. The highest BCUT2D eigenvalue weighted by atomic mass is 16.1. The quantitative estimate of drug-likeness (QED) is 0.823. The summed E-state index contributed by atoms with van der Waals surface area (Å²) in [5.41, 5.74) is 0.757. The van der Waals surface area contributed by atoms with E-state index < -0.39 is 0 Å². The Morgan fingerprint density at radius 3 is 2.68 bits per heavy atom.